The Bertz CT molecular complexity index is 1050. The van der Waals surface area contributed by atoms with Gasteiger partial charge in [0.15, 0.2) is 0 Å². The lowest BCUT2D eigenvalue weighted by Crippen LogP contribution is -2.55. The maximum Gasteiger partial charge on any atom is 0.233 e. The first kappa shape index (κ1) is 22.9. The third-order valence-electron chi connectivity index (χ3n) is 8.56. The lowest BCUT2D eigenvalue weighted by atomic mass is 9.62. The molecule has 3 fully saturated rings. The number of nitrogens with zero attached hydrogens (tertiary/aromatic N) is 1. The summed E-state index contributed by atoms with van der Waals surface area (Å²) in [7, 11) is 1.65. The molecule has 180 valence electrons. The van der Waals surface area contributed by atoms with Crippen molar-refractivity contribution in [1.82, 2.24) is 10.2 Å². The van der Waals surface area contributed by atoms with E-state index < -0.39 is 5.41 Å². The second-order valence-corrected chi connectivity index (χ2v) is 10.3. The molecule has 3 aliphatic rings. The first-order chi connectivity index (χ1) is 16.5. The molecule has 5 rings (SSSR count). The van der Waals surface area contributed by atoms with Crippen LogP contribution >= 0.6 is 0 Å². The van der Waals surface area contributed by atoms with Gasteiger partial charge in [0, 0.05) is 32.0 Å². The number of likely N-dealkylation sites (tertiary alicyclic amines) is 1. The van der Waals surface area contributed by atoms with Crippen LogP contribution in [0.15, 0.2) is 48.5 Å². The molecule has 0 bridgehead atoms. The van der Waals surface area contributed by atoms with E-state index >= 15 is 0 Å². The Hall–Kier alpha value is -2.89. The Morgan fingerprint density at radius 2 is 1.76 bits per heavy atom. The van der Waals surface area contributed by atoms with Crippen LogP contribution in [0.2, 0.25) is 0 Å². The summed E-state index contributed by atoms with van der Waals surface area (Å²) in [5.74, 6) is 0.869. The first-order valence-corrected chi connectivity index (χ1v) is 12.4. The number of nitrogens with one attached hydrogen (secondary N) is 1. The van der Waals surface area contributed by atoms with Gasteiger partial charge in [-0.2, -0.15) is 0 Å². The van der Waals surface area contributed by atoms with Crippen LogP contribution in [-0.4, -0.2) is 43.5 Å². The highest BCUT2D eigenvalue weighted by atomic mass is 19.1. The van der Waals surface area contributed by atoms with E-state index in [1.54, 1.807) is 19.2 Å². The largest absolute Gasteiger partial charge is 0.497 e. The van der Waals surface area contributed by atoms with E-state index in [9.17, 15) is 14.0 Å². The van der Waals surface area contributed by atoms with Crippen LogP contribution < -0.4 is 10.1 Å². The van der Waals surface area contributed by atoms with Gasteiger partial charge >= 0.3 is 0 Å². The minimum atomic E-state index is -0.470. The minimum Gasteiger partial charge on any atom is -0.497 e. The molecular weight excluding hydrogens is 431 g/mol. The number of carbonyl (C=O) groups is 2. The fourth-order valence-electron chi connectivity index (χ4n) is 6.63. The molecule has 2 heterocycles. The molecule has 2 saturated heterocycles. The second-order valence-electron chi connectivity index (χ2n) is 10.3. The van der Waals surface area contributed by atoms with Gasteiger partial charge in [-0.3, -0.25) is 9.59 Å². The van der Waals surface area contributed by atoms with Crippen molar-refractivity contribution in [3.63, 3.8) is 0 Å². The number of carbonyl (C=O) groups excluding carboxylic acids is 2. The zero-order valence-corrected chi connectivity index (χ0v) is 19.8. The summed E-state index contributed by atoms with van der Waals surface area (Å²) in [6, 6.07) is 14.7. The molecule has 1 saturated carbocycles. The standard InChI is InChI=1S/C28H33FN2O3/c1-34-23-9-7-21(8-10-23)28(11-2-3-12-28)26(33)31-15-13-27(14-16-31)18-25(32)30-19-24(27)20-5-4-6-22(29)17-20/h4-10,17,24H,2-3,11-16,18-19H2,1H3,(H,30,32)/t24-/m0/s1. The van der Waals surface area contributed by atoms with Crippen LogP contribution in [0.25, 0.3) is 0 Å². The summed E-state index contributed by atoms with van der Waals surface area (Å²) < 4.78 is 19.3. The number of rotatable bonds is 4. The SMILES string of the molecule is COc1ccc(C2(C(=O)N3CCC4(CC3)CC(=O)NC[C@H]4c3cccc(F)c3)CCCC2)cc1. The molecular formula is C28H33FN2O3. The summed E-state index contributed by atoms with van der Waals surface area (Å²) in [5.41, 5.74) is 1.30. The predicted octanol–water partition coefficient (Wildman–Crippen LogP) is 4.56. The quantitative estimate of drug-likeness (QED) is 0.722. The third-order valence-corrected chi connectivity index (χ3v) is 8.56. The van der Waals surface area contributed by atoms with E-state index in [1.165, 1.54) is 6.07 Å². The summed E-state index contributed by atoms with van der Waals surface area (Å²) in [6.45, 7) is 1.79. The van der Waals surface area contributed by atoms with Gasteiger partial charge in [-0.05, 0) is 66.5 Å². The van der Waals surface area contributed by atoms with Crippen LogP contribution in [0.5, 0.6) is 5.75 Å². The molecule has 1 N–H and O–H groups in total. The third kappa shape index (κ3) is 3.97. The van der Waals surface area contributed by atoms with E-state index in [1.807, 2.05) is 35.2 Å². The van der Waals surface area contributed by atoms with Crippen LogP contribution in [0.4, 0.5) is 4.39 Å². The molecule has 2 aromatic carbocycles. The fraction of sp³-hybridized carbons (Fsp3) is 0.500. The molecule has 0 aromatic heterocycles. The van der Waals surface area contributed by atoms with Crippen molar-refractivity contribution in [1.29, 1.82) is 0 Å². The number of ether oxygens (including phenoxy) is 1. The maximum atomic E-state index is 14.0. The predicted molar refractivity (Wildman–Crippen MR) is 128 cm³/mol. The monoisotopic (exact) mass is 464 g/mol. The van der Waals surface area contributed by atoms with Crippen molar-refractivity contribution in [2.45, 2.75) is 56.3 Å². The van der Waals surface area contributed by atoms with Gasteiger partial charge in [-0.1, -0.05) is 37.1 Å². The Labute approximate surface area is 200 Å². The minimum absolute atomic E-state index is 0.0536. The molecule has 0 unspecified atom stereocenters. The Kier molecular flexibility index (Phi) is 6.09. The number of amides is 2. The van der Waals surface area contributed by atoms with Crippen molar-refractivity contribution in [3.05, 3.63) is 65.5 Å². The zero-order valence-electron chi connectivity index (χ0n) is 19.8. The Morgan fingerprint density at radius 3 is 2.41 bits per heavy atom. The van der Waals surface area contributed by atoms with E-state index in [4.69, 9.17) is 4.74 Å². The van der Waals surface area contributed by atoms with Gasteiger partial charge in [0.25, 0.3) is 0 Å². The number of benzene rings is 2. The second kappa shape index (κ2) is 9.05. The smallest absolute Gasteiger partial charge is 0.233 e. The molecule has 34 heavy (non-hydrogen) atoms. The van der Waals surface area contributed by atoms with Crippen LogP contribution in [-0.2, 0) is 15.0 Å². The van der Waals surface area contributed by atoms with Gasteiger partial charge in [-0.15, -0.1) is 0 Å². The van der Waals surface area contributed by atoms with Crippen LogP contribution in [0.1, 0.15) is 62.0 Å². The normalized spacial score (nSPS) is 23.5. The van der Waals surface area contributed by atoms with E-state index in [0.29, 0.717) is 26.1 Å². The average molecular weight is 465 g/mol. The summed E-state index contributed by atoms with van der Waals surface area (Å²) >= 11 is 0. The molecule has 1 spiro atoms. The van der Waals surface area contributed by atoms with Gasteiger partial charge in [0.05, 0.1) is 12.5 Å². The molecule has 2 aliphatic heterocycles. The van der Waals surface area contributed by atoms with Gasteiger partial charge in [-0.25, -0.2) is 4.39 Å². The lowest BCUT2D eigenvalue weighted by Gasteiger charge is -2.50. The summed E-state index contributed by atoms with van der Waals surface area (Å²) in [4.78, 5) is 28.4. The molecule has 0 radical (unpaired) electrons. The molecule has 5 nitrogen and oxygen atoms in total. The van der Waals surface area contributed by atoms with Crippen molar-refractivity contribution in [3.8, 4) is 5.75 Å². The molecule has 2 amide bonds. The highest BCUT2D eigenvalue weighted by molar-refractivity contribution is 5.89. The summed E-state index contributed by atoms with van der Waals surface area (Å²) in [5, 5.41) is 2.99. The van der Waals surface area contributed by atoms with E-state index in [-0.39, 0.29) is 29.0 Å². The number of methoxy groups -OCH3 is 1. The molecule has 2 aromatic rings. The average Bonchev–Trinajstić information content (AvgIpc) is 3.35. The van der Waals surface area contributed by atoms with Crippen molar-refractivity contribution < 1.29 is 18.7 Å². The zero-order chi connectivity index (χ0) is 23.8. The lowest BCUT2D eigenvalue weighted by molar-refractivity contribution is -0.141. The number of hydrogen-bond acceptors (Lipinski definition) is 3. The molecule has 1 aliphatic carbocycles. The van der Waals surface area contributed by atoms with Crippen molar-refractivity contribution >= 4 is 11.8 Å². The number of halogens is 1. The van der Waals surface area contributed by atoms with Crippen molar-refractivity contribution in [2.75, 3.05) is 26.7 Å². The van der Waals surface area contributed by atoms with Crippen LogP contribution in [0, 0.1) is 11.2 Å². The molecule has 6 heteroatoms. The van der Waals surface area contributed by atoms with Crippen molar-refractivity contribution in [2.24, 2.45) is 5.41 Å². The van der Waals surface area contributed by atoms with Crippen LogP contribution in [0.3, 0.4) is 0 Å². The highest BCUT2D eigenvalue weighted by Crippen LogP contribution is 2.50. The topological polar surface area (TPSA) is 58.6 Å². The summed E-state index contributed by atoms with van der Waals surface area (Å²) in [6.07, 6.45) is 5.79. The molecule has 1 atom stereocenters. The number of hydrogen-bond donors (Lipinski definition) is 1. The van der Waals surface area contributed by atoms with E-state index in [2.05, 4.69) is 5.32 Å². The Balaban J connectivity index is 1.37. The highest BCUT2D eigenvalue weighted by Gasteiger charge is 2.50. The van der Waals surface area contributed by atoms with Gasteiger partial charge in [0.2, 0.25) is 11.8 Å². The first-order valence-electron chi connectivity index (χ1n) is 12.4. The van der Waals surface area contributed by atoms with Gasteiger partial charge in [0.1, 0.15) is 11.6 Å². The van der Waals surface area contributed by atoms with E-state index in [0.717, 1.165) is 55.4 Å². The maximum absolute atomic E-state index is 14.0. The van der Waals surface area contributed by atoms with Gasteiger partial charge < -0.3 is 15.0 Å². The Morgan fingerprint density at radius 1 is 1.06 bits per heavy atom. The number of piperidine rings is 2. The fourth-order valence-corrected chi connectivity index (χ4v) is 6.63.